The Morgan fingerprint density at radius 2 is 1.48 bits per heavy atom. The quantitative estimate of drug-likeness (QED) is 0.381. The number of methoxy groups -OCH3 is 2. The Kier molecular flexibility index (Phi) is 6.22. The molecule has 3 aromatic carbocycles. The van der Waals surface area contributed by atoms with Gasteiger partial charge in [0.25, 0.3) is 0 Å². The zero-order valence-corrected chi connectivity index (χ0v) is 18.4. The maximum Gasteiger partial charge on any atom is 0.357 e. The molecule has 0 atom stereocenters. The van der Waals surface area contributed by atoms with Crippen LogP contribution in [-0.4, -0.2) is 35.9 Å². The molecule has 0 unspecified atom stereocenters. The van der Waals surface area contributed by atoms with Gasteiger partial charge in [0, 0.05) is 5.56 Å². The molecule has 7 heteroatoms. The highest BCUT2D eigenvalue weighted by molar-refractivity contribution is 6.06. The van der Waals surface area contributed by atoms with Gasteiger partial charge in [-0.05, 0) is 61.0 Å². The average Bonchev–Trinajstić information content (AvgIpc) is 3.25. The van der Waals surface area contributed by atoms with E-state index in [2.05, 4.69) is 5.10 Å². The standard InChI is InChI=1S/C26H22N2O5/c1-17-8-7-11-21(16-17)33-20-14-12-18(13-15-20)23-22(25(29)31-2)24(26(30)32-3)28(27-23)19-9-5-4-6-10-19/h4-16H,1-3H3. The third kappa shape index (κ3) is 4.48. The Morgan fingerprint density at radius 1 is 0.788 bits per heavy atom. The molecule has 0 N–H and O–H groups in total. The number of ether oxygens (including phenoxy) is 3. The van der Waals surface area contributed by atoms with Crippen molar-refractivity contribution in [2.45, 2.75) is 6.92 Å². The van der Waals surface area contributed by atoms with Crippen LogP contribution < -0.4 is 4.74 Å². The predicted octanol–water partition coefficient (Wildman–Crippen LogP) is 5.21. The Bertz CT molecular complexity index is 1290. The molecule has 0 aliphatic rings. The molecular formula is C26H22N2O5. The van der Waals surface area contributed by atoms with Crippen molar-refractivity contribution in [2.75, 3.05) is 14.2 Å². The van der Waals surface area contributed by atoms with Crippen LogP contribution in [0.15, 0.2) is 78.9 Å². The van der Waals surface area contributed by atoms with E-state index in [-0.39, 0.29) is 11.3 Å². The number of para-hydroxylation sites is 1. The molecule has 4 rings (SSSR count). The van der Waals surface area contributed by atoms with Gasteiger partial charge in [-0.2, -0.15) is 5.10 Å². The molecule has 0 saturated carbocycles. The second kappa shape index (κ2) is 9.40. The van der Waals surface area contributed by atoms with Crippen LogP contribution in [0.5, 0.6) is 11.5 Å². The Hall–Kier alpha value is -4.39. The molecule has 166 valence electrons. The number of nitrogens with zero attached hydrogens (tertiary/aromatic N) is 2. The molecule has 1 heterocycles. The normalized spacial score (nSPS) is 10.5. The fourth-order valence-electron chi connectivity index (χ4n) is 3.45. The van der Waals surface area contributed by atoms with Gasteiger partial charge in [0.15, 0.2) is 5.69 Å². The third-order valence-electron chi connectivity index (χ3n) is 5.01. The van der Waals surface area contributed by atoms with Crippen LogP contribution in [0, 0.1) is 6.92 Å². The van der Waals surface area contributed by atoms with E-state index in [0.717, 1.165) is 11.3 Å². The van der Waals surface area contributed by atoms with Crippen LogP contribution in [0.4, 0.5) is 0 Å². The highest BCUT2D eigenvalue weighted by Crippen LogP contribution is 2.31. The number of carbonyl (C=O) groups excluding carboxylic acids is 2. The number of hydrogen-bond acceptors (Lipinski definition) is 6. The van der Waals surface area contributed by atoms with Crippen molar-refractivity contribution in [1.29, 1.82) is 0 Å². The minimum atomic E-state index is -0.697. The molecule has 0 fully saturated rings. The smallest absolute Gasteiger partial charge is 0.357 e. The van der Waals surface area contributed by atoms with E-state index in [0.29, 0.717) is 22.7 Å². The van der Waals surface area contributed by atoms with Crippen LogP contribution in [-0.2, 0) is 9.47 Å². The van der Waals surface area contributed by atoms with E-state index >= 15 is 0 Å². The van der Waals surface area contributed by atoms with Gasteiger partial charge in [0.2, 0.25) is 0 Å². The number of aromatic nitrogens is 2. The first-order valence-electron chi connectivity index (χ1n) is 10.2. The lowest BCUT2D eigenvalue weighted by molar-refractivity contribution is 0.0549. The van der Waals surface area contributed by atoms with E-state index in [1.54, 1.807) is 36.4 Å². The van der Waals surface area contributed by atoms with Gasteiger partial charge in [-0.25, -0.2) is 14.3 Å². The van der Waals surface area contributed by atoms with E-state index in [4.69, 9.17) is 14.2 Å². The van der Waals surface area contributed by atoms with Gasteiger partial charge >= 0.3 is 11.9 Å². The topological polar surface area (TPSA) is 79.7 Å². The summed E-state index contributed by atoms with van der Waals surface area (Å²) in [6.07, 6.45) is 0. The summed E-state index contributed by atoms with van der Waals surface area (Å²) in [6, 6.07) is 23.9. The minimum absolute atomic E-state index is 0.00867. The first-order valence-corrected chi connectivity index (χ1v) is 10.2. The first kappa shape index (κ1) is 21.8. The summed E-state index contributed by atoms with van der Waals surface area (Å²) in [5.74, 6) is -0.0379. The molecule has 7 nitrogen and oxygen atoms in total. The lowest BCUT2D eigenvalue weighted by Gasteiger charge is -2.08. The molecule has 0 spiro atoms. The molecule has 0 aliphatic carbocycles. The molecule has 0 aliphatic heterocycles. The second-order valence-corrected chi connectivity index (χ2v) is 7.25. The zero-order chi connectivity index (χ0) is 23.4. The molecular weight excluding hydrogens is 420 g/mol. The Labute approximate surface area is 191 Å². The molecule has 33 heavy (non-hydrogen) atoms. The molecule has 0 amide bonds. The summed E-state index contributed by atoms with van der Waals surface area (Å²) in [5, 5.41) is 4.59. The summed E-state index contributed by atoms with van der Waals surface area (Å²) < 4.78 is 17.2. The van der Waals surface area contributed by atoms with Gasteiger partial charge in [-0.3, -0.25) is 0 Å². The van der Waals surface area contributed by atoms with Crippen LogP contribution >= 0.6 is 0 Å². The fourth-order valence-corrected chi connectivity index (χ4v) is 3.45. The zero-order valence-electron chi connectivity index (χ0n) is 18.4. The summed E-state index contributed by atoms with van der Waals surface area (Å²) in [7, 11) is 2.51. The maximum absolute atomic E-state index is 12.7. The van der Waals surface area contributed by atoms with E-state index in [1.165, 1.54) is 18.9 Å². The fraction of sp³-hybridized carbons (Fsp3) is 0.115. The van der Waals surface area contributed by atoms with Crippen molar-refractivity contribution in [3.8, 4) is 28.4 Å². The van der Waals surface area contributed by atoms with Crippen LogP contribution in [0.3, 0.4) is 0 Å². The summed E-state index contributed by atoms with van der Waals surface area (Å²) in [5.41, 5.74) is 2.63. The summed E-state index contributed by atoms with van der Waals surface area (Å²) >= 11 is 0. The average molecular weight is 442 g/mol. The number of rotatable bonds is 6. The van der Waals surface area contributed by atoms with Gasteiger partial charge < -0.3 is 14.2 Å². The van der Waals surface area contributed by atoms with Crippen molar-refractivity contribution >= 4 is 11.9 Å². The van der Waals surface area contributed by atoms with Crippen molar-refractivity contribution in [3.63, 3.8) is 0 Å². The van der Waals surface area contributed by atoms with E-state index in [1.807, 2.05) is 49.4 Å². The lowest BCUT2D eigenvalue weighted by atomic mass is 10.1. The first-order chi connectivity index (χ1) is 16.0. The van der Waals surface area contributed by atoms with Crippen molar-refractivity contribution in [2.24, 2.45) is 0 Å². The summed E-state index contributed by atoms with van der Waals surface area (Å²) in [6.45, 7) is 1.99. The van der Waals surface area contributed by atoms with Gasteiger partial charge in [0.1, 0.15) is 22.8 Å². The van der Waals surface area contributed by atoms with Crippen LogP contribution in [0.1, 0.15) is 26.4 Å². The number of carbonyl (C=O) groups is 2. The Balaban J connectivity index is 1.80. The minimum Gasteiger partial charge on any atom is -0.465 e. The molecule has 4 aromatic rings. The Morgan fingerprint density at radius 3 is 2.12 bits per heavy atom. The molecule has 1 aromatic heterocycles. The number of esters is 2. The third-order valence-corrected chi connectivity index (χ3v) is 5.01. The second-order valence-electron chi connectivity index (χ2n) is 7.25. The SMILES string of the molecule is COC(=O)c1c(-c2ccc(Oc3cccc(C)c3)cc2)nn(-c2ccccc2)c1C(=O)OC. The van der Waals surface area contributed by atoms with Gasteiger partial charge in [-0.15, -0.1) is 0 Å². The maximum atomic E-state index is 12.7. The van der Waals surface area contributed by atoms with E-state index in [9.17, 15) is 9.59 Å². The van der Waals surface area contributed by atoms with E-state index < -0.39 is 11.9 Å². The van der Waals surface area contributed by atoms with Crippen LogP contribution in [0.25, 0.3) is 16.9 Å². The predicted molar refractivity (Wildman–Crippen MR) is 123 cm³/mol. The largest absolute Gasteiger partial charge is 0.465 e. The lowest BCUT2D eigenvalue weighted by Crippen LogP contribution is -2.15. The number of hydrogen-bond donors (Lipinski definition) is 0. The van der Waals surface area contributed by atoms with Gasteiger partial charge in [0.05, 0.1) is 19.9 Å². The van der Waals surface area contributed by atoms with Crippen molar-refractivity contribution < 1.29 is 23.8 Å². The highest BCUT2D eigenvalue weighted by atomic mass is 16.5. The van der Waals surface area contributed by atoms with Crippen LogP contribution in [0.2, 0.25) is 0 Å². The molecule has 0 radical (unpaired) electrons. The summed E-state index contributed by atoms with van der Waals surface area (Å²) in [4.78, 5) is 25.4. The monoisotopic (exact) mass is 442 g/mol. The molecule has 0 saturated heterocycles. The highest BCUT2D eigenvalue weighted by Gasteiger charge is 2.31. The molecule has 0 bridgehead atoms. The van der Waals surface area contributed by atoms with Gasteiger partial charge in [-0.1, -0.05) is 30.3 Å². The van der Waals surface area contributed by atoms with Crippen molar-refractivity contribution in [1.82, 2.24) is 9.78 Å². The van der Waals surface area contributed by atoms with Crippen molar-refractivity contribution in [3.05, 3.63) is 95.7 Å². The number of aryl methyl sites for hydroxylation is 1. The number of benzene rings is 3.